The van der Waals surface area contributed by atoms with Crippen LogP contribution in [0.1, 0.15) is 30.5 Å². The molecule has 0 bridgehead atoms. The number of nitrogens with one attached hydrogen (secondary N) is 2. The monoisotopic (exact) mass is 544 g/mol. The Hall–Kier alpha value is -3.61. The van der Waals surface area contributed by atoms with Gasteiger partial charge in [-0.1, -0.05) is 84.9 Å². The summed E-state index contributed by atoms with van der Waals surface area (Å²) in [7, 11) is 0. The Kier molecular flexibility index (Phi) is 8.11. The zero-order valence-electron chi connectivity index (χ0n) is 21.3. The predicted molar refractivity (Wildman–Crippen MR) is 158 cm³/mol. The van der Waals surface area contributed by atoms with E-state index in [9.17, 15) is 4.79 Å². The first-order valence-electron chi connectivity index (χ1n) is 12.6. The van der Waals surface area contributed by atoms with Crippen LogP contribution in [0.25, 0.3) is 16.8 Å². The van der Waals surface area contributed by atoms with Crippen LogP contribution in [0.3, 0.4) is 0 Å². The van der Waals surface area contributed by atoms with E-state index in [1.807, 2.05) is 55.5 Å². The summed E-state index contributed by atoms with van der Waals surface area (Å²) in [6.45, 7) is 4.85. The van der Waals surface area contributed by atoms with E-state index in [1.54, 1.807) is 6.07 Å². The maximum absolute atomic E-state index is 12.7. The molecule has 0 saturated carbocycles. The highest BCUT2D eigenvalue weighted by atomic mass is 35.5. The van der Waals surface area contributed by atoms with Crippen LogP contribution in [-0.2, 0) is 17.8 Å². The highest BCUT2D eigenvalue weighted by Crippen LogP contribution is 2.39. The summed E-state index contributed by atoms with van der Waals surface area (Å²) >= 11 is 8.11. The molecule has 1 saturated heterocycles. The van der Waals surface area contributed by atoms with Crippen LogP contribution in [0.4, 0.5) is 5.69 Å². The Morgan fingerprint density at radius 2 is 1.79 bits per heavy atom. The number of fused-ring (bicyclic) bond motifs is 1. The van der Waals surface area contributed by atoms with Crippen LogP contribution in [0.15, 0.2) is 83.8 Å². The number of carbonyl (C=O) groups is 1. The predicted octanol–water partition coefficient (Wildman–Crippen LogP) is 7.63. The zero-order valence-corrected chi connectivity index (χ0v) is 22.9. The SMILES string of the molecule is CCOc1cc(/C=C2\S[C@H](Nc3ccc(CC)cc3)NC2=O)cc(Cl)c1OCc1cccc2ccccc12. The Bertz CT molecular complexity index is 1480. The van der Waals surface area contributed by atoms with Gasteiger partial charge in [0, 0.05) is 5.69 Å². The van der Waals surface area contributed by atoms with Crippen LogP contribution < -0.4 is 20.1 Å². The van der Waals surface area contributed by atoms with Gasteiger partial charge < -0.3 is 20.1 Å². The van der Waals surface area contributed by atoms with Crippen molar-refractivity contribution in [3.05, 3.63) is 105 Å². The van der Waals surface area contributed by atoms with Crippen molar-refractivity contribution in [1.82, 2.24) is 5.32 Å². The van der Waals surface area contributed by atoms with Crippen LogP contribution >= 0.6 is 23.4 Å². The van der Waals surface area contributed by atoms with Crippen LogP contribution in [0, 0.1) is 0 Å². The van der Waals surface area contributed by atoms with Crippen molar-refractivity contribution in [2.24, 2.45) is 0 Å². The molecule has 5 rings (SSSR count). The number of thioether (sulfide) groups is 1. The topological polar surface area (TPSA) is 59.6 Å². The van der Waals surface area contributed by atoms with Crippen molar-refractivity contribution >= 4 is 51.8 Å². The molecule has 0 unspecified atom stereocenters. The van der Waals surface area contributed by atoms with Gasteiger partial charge in [-0.2, -0.15) is 0 Å². The lowest BCUT2D eigenvalue weighted by molar-refractivity contribution is -0.116. The third kappa shape index (κ3) is 5.93. The number of aryl methyl sites for hydroxylation is 1. The van der Waals surface area contributed by atoms with E-state index in [2.05, 4.69) is 47.9 Å². The van der Waals surface area contributed by atoms with E-state index < -0.39 is 0 Å². The van der Waals surface area contributed by atoms with Gasteiger partial charge in [0.1, 0.15) is 6.61 Å². The fraction of sp³-hybridized carbons (Fsp3) is 0.194. The van der Waals surface area contributed by atoms with E-state index in [0.29, 0.717) is 34.6 Å². The normalized spacial score (nSPS) is 16.0. The van der Waals surface area contributed by atoms with E-state index >= 15 is 0 Å². The maximum atomic E-state index is 12.7. The summed E-state index contributed by atoms with van der Waals surface area (Å²) in [5.74, 6) is 0.895. The molecule has 0 radical (unpaired) electrons. The Morgan fingerprint density at radius 1 is 1.00 bits per heavy atom. The average molecular weight is 545 g/mol. The first-order chi connectivity index (χ1) is 18.5. The van der Waals surface area contributed by atoms with Crippen molar-refractivity contribution in [2.75, 3.05) is 11.9 Å². The van der Waals surface area contributed by atoms with E-state index in [4.69, 9.17) is 21.1 Å². The fourth-order valence-corrected chi connectivity index (χ4v) is 5.61. The average Bonchev–Trinajstić information content (AvgIpc) is 3.26. The number of carbonyl (C=O) groups excluding carboxylic acids is 1. The van der Waals surface area contributed by atoms with Crippen LogP contribution in [0.5, 0.6) is 11.5 Å². The van der Waals surface area contributed by atoms with Crippen molar-refractivity contribution in [3.8, 4) is 11.5 Å². The molecular formula is C31H29ClN2O3S. The quantitative estimate of drug-likeness (QED) is 0.212. The molecule has 1 fully saturated rings. The molecule has 38 heavy (non-hydrogen) atoms. The molecule has 194 valence electrons. The van der Waals surface area contributed by atoms with Gasteiger partial charge in [-0.3, -0.25) is 4.79 Å². The summed E-state index contributed by atoms with van der Waals surface area (Å²) in [4.78, 5) is 13.3. The number of amides is 1. The van der Waals surface area contributed by atoms with Gasteiger partial charge in [-0.15, -0.1) is 0 Å². The second-order valence-electron chi connectivity index (χ2n) is 8.86. The lowest BCUT2D eigenvalue weighted by Gasteiger charge is -2.15. The fourth-order valence-electron chi connectivity index (χ4n) is 4.35. The lowest BCUT2D eigenvalue weighted by atomic mass is 10.1. The maximum Gasteiger partial charge on any atom is 0.260 e. The minimum atomic E-state index is -0.258. The van der Waals surface area contributed by atoms with Crippen molar-refractivity contribution < 1.29 is 14.3 Å². The molecule has 4 aromatic carbocycles. The highest BCUT2D eigenvalue weighted by molar-refractivity contribution is 8.05. The molecule has 1 atom stereocenters. The number of hydrogen-bond acceptors (Lipinski definition) is 5. The molecule has 7 heteroatoms. The molecule has 5 nitrogen and oxygen atoms in total. The van der Waals surface area contributed by atoms with E-state index in [1.165, 1.54) is 17.3 Å². The van der Waals surface area contributed by atoms with Gasteiger partial charge in [0.25, 0.3) is 5.91 Å². The molecule has 2 N–H and O–H groups in total. The Balaban J connectivity index is 1.33. The van der Waals surface area contributed by atoms with Crippen molar-refractivity contribution in [2.45, 2.75) is 32.4 Å². The Morgan fingerprint density at radius 3 is 2.58 bits per heavy atom. The van der Waals surface area contributed by atoms with Gasteiger partial charge >= 0.3 is 0 Å². The summed E-state index contributed by atoms with van der Waals surface area (Å²) in [5, 5.41) is 9.05. The summed E-state index contributed by atoms with van der Waals surface area (Å²) in [5.41, 5.74) is 3.80. The number of hydrogen-bond donors (Lipinski definition) is 2. The second-order valence-corrected chi connectivity index (χ2v) is 10.4. The lowest BCUT2D eigenvalue weighted by Crippen LogP contribution is -2.30. The molecular weight excluding hydrogens is 516 g/mol. The first kappa shape index (κ1) is 26.0. The number of rotatable bonds is 9. The van der Waals surface area contributed by atoms with Gasteiger partial charge in [0.15, 0.2) is 17.0 Å². The van der Waals surface area contributed by atoms with E-state index in [0.717, 1.165) is 34.0 Å². The minimum absolute atomic E-state index is 0.136. The molecule has 4 aromatic rings. The zero-order chi connectivity index (χ0) is 26.5. The highest BCUT2D eigenvalue weighted by Gasteiger charge is 2.27. The van der Waals surface area contributed by atoms with Crippen molar-refractivity contribution in [1.29, 1.82) is 0 Å². The summed E-state index contributed by atoms with van der Waals surface area (Å²) in [6.07, 6.45) is 2.81. The molecule has 1 aliphatic heterocycles. The molecule has 1 aliphatic rings. The minimum Gasteiger partial charge on any atom is -0.490 e. The van der Waals surface area contributed by atoms with E-state index in [-0.39, 0.29) is 11.4 Å². The first-order valence-corrected chi connectivity index (χ1v) is 13.9. The smallest absolute Gasteiger partial charge is 0.260 e. The third-order valence-corrected chi connectivity index (χ3v) is 7.58. The van der Waals surface area contributed by atoms with Gasteiger partial charge in [-0.25, -0.2) is 0 Å². The molecule has 1 amide bonds. The molecule has 0 aliphatic carbocycles. The Labute approximate surface area is 232 Å². The van der Waals surface area contributed by atoms with Gasteiger partial charge in [-0.05, 0) is 71.1 Å². The third-order valence-electron chi connectivity index (χ3n) is 6.27. The number of ether oxygens (including phenoxy) is 2. The molecule has 0 spiro atoms. The number of benzene rings is 4. The number of anilines is 1. The molecule has 1 heterocycles. The summed E-state index contributed by atoms with van der Waals surface area (Å²) in [6, 6.07) is 26.2. The summed E-state index contributed by atoms with van der Waals surface area (Å²) < 4.78 is 12.1. The standard InChI is InChI=1S/C31H29ClN2O3S/c1-3-20-12-14-24(15-13-20)33-31-34-30(35)28(38-31)18-21-16-26(32)29(27(17-21)36-4-2)37-19-23-10-7-9-22-8-5-6-11-25(22)23/h5-18,31,33H,3-4,19H2,1-2H3,(H,34,35)/b28-18-/t31-/m1/s1. The number of halogens is 1. The van der Waals surface area contributed by atoms with Crippen LogP contribution in [0.2, 0.25) is 5.02 Å². The second kappa shape index (κ2) is 11.8. The molecule has 0 aromatic heterocycles. The largest absolute Gasteiger partial charge is 0.490 e. The van der Waals surface area contributed by atoms with Crippen molar-refractivity contribution in [3.63, 3.8) is 0 Å². The van der Waals surface area contributed by atoms with Gasteiger partial charge in [0.05, 0.1) is 16.5 Å². The van der Waals surface area contributed by atoms with Gasteiger partial charge in [0.2, 0.25) is 0 Å². The van der Waals surface area contributed by atoms with Crippen LogP contribution in [-0.4, -0.2) is 18.0 Å².